The molecule has 0 spiro atoms. The van der Waals surface area contributed by atoms with Crippen LogP contribution in [0.15, 0.2) is 42.5 Å². The molecule has 0 saturated heterocycles. The Kier molecular flexibility index (Phi) is 3.61. The van der Waals surface area contributed by atoms with E-state index < -0.39 is 0 Å². The number of hydrogen-bond acceptors (Lipinski definition) is 2. The van der Waals surface area contributed by atoms with Crippen LogP contribution in [0.3, 0.4) is 0 Å². The van der Waals surface area contributed by atoms with Gasteiger partial charge in [-0.1, -0.05) is 18.2 Å². The summed E-state index contributed by atoms with van der Waals surface area (Å²) < 4.78 is 5.96. The highest BCUT2D eigenvalue weighted by Crippen LogP contribution is 2.53. The summed E-state index contributed by atoms with van der Waals surface area (Å²) in [5.41, 5.74) is 5.28. The van der Waals surface area contributed by atoms with E-state index in [1.165, 1.54) is 36.0 Å². The van der Waals surface area contributed by atoms with Crippen molar-refractivity contribution in [2.75, 3.05) is 11.9 Å². The van der Waals surface area contributed by atoms with Crippen molar-refractivity contribution in [2.45, 2.75) is 38.0 Å². The Bertz CT molecular complexity index is 770. The lowest BCUT2D eigenvalue weighted by Crippen LogP contribution is -2.29. The number of thiocarbonyl (C=S) groups is 1. The Morgan fingerprint density at radius 3 is 2.65 bits per heavy atom. The van der Waals surface area contributed by atoms with Crippen molar-refractivity contribution in [2.24, 2.45) is 0 Å². The fourth-order valence-electron chi connectivity index (χ4n) is 4.00. The quantitative estimate of drug-likeness (QED) is 0.708. The van der Waals surface area contributed by atoms with Gasteiger partial charge in [-0.2, -0.15) is 0 Å². The molecule has 2 aliphatic carbocycles. The van der Waals surface area contributed by atoms with Crippen LogP contribution in [0, 0.1) is 6.92 Å². The van der Waals surface area contributed by atoms with Gasteiger partial charge in [0.2, 0.25) is 0 Å². The minimum atomic E-state index is 0.485. The van der Waals surface area contributed by atoms with Crippen LogP contribution in [0.4, 0.5) is 5.69 Å². The topological polar surface area (TPSA) is 12.5 Å². The molecule has 23 heavy (non-hydrogen) atoms. The second kappa shape index (κ2) is 5.64. The number of hydrogen-bond donors (Lipinski definition) is 0. The Balaban J connectivity index is 1.52. The van der Waals surface area contributed by atoms with Gasteiger partial charge in [0.15, 0.2) is 0 Å². The zero-order chi connectivity index (χ0) is 16.0. The summed E-state index contributed by atoms with van der Waals surface area (Å²) >= 11 is 5.48. The third-order valence-corrected chi connectivity index (χ3v) is 5.60. The molecule has 1 saturated carbocycles. The van der Waals surface area contributed by atoms with Crippen molar-refractivity contribution in [1.29, 1.82) is 0 Å². The fourth-order valence-corrected chi connectivity index (χ4v) is 4.20. The Hall–Kier alpha value is -1.87. The zero-order valence-corrected chi connectivity index (χ0v) is 14.4. The summed E-state index contributed by atoms with van der Waals surface area (Å²) in [7, 11) is 1.95. The number of rotatable bonds is 2. The third kappa shape index (κ3) is 2.63. The van der Waals surface area contributed by atoms with Crippen LogP contribution in [0.2, 0.25) is 0 Å². The highest BCUT2D eigenvalue weighted by atomic mass is 32.1. The van der Waals surface area contributed by atoms with Crippen LogP contribution in [0.5, 0.6) is 5.75 Å². The van der Waals surface area contributed by atoms with Crippen molar-refractivity contribution >= 4 is 23.1 Å². The van der Waals surface area contributed by atoms with Gasteiger partial charge in [0.25, 0.3) is 5.17 Å². The van der Waals surface area contributed by atoms with Crippen LogP contribution in [0.25, 0.3) is 0 Å². The number of aryl methyl sites for hydroxylation is 1. The molecular weight excluding hydrogens is 302 g/mol. The number of ether oxygens (including phenoxy) is 1. The van der Waals surface area contributed by atoms with E-state index in [2.05, 4.69) is 37.3 Å². The van der Waals surface area contributed by atoms with E-state index in [1.807, 2.05) is 24.1 Å². The molecule has 118 valence electrons. The first-order valence-corrected chi connectivity index (χ1v) is 8.68. The lowest BCUT2D eigenvalue weighted by atomic mass is 9.92. The second-order valence-electron chi connectivity index (χ2n) is 6.76. The van der Waals surface area contributed by atoms with Crippen molar-refractivity contribution in [1.82, 2.24) is 0 Å². The molecule has 2 aromatic carbocycles. The molecule has 0 amide bonds. The molecule has 2 bridgehead atoms. The van der Waals surface area contributed by atoms with Crippen molar-refractivity contribution in [3.63, 3.8) is 0 Å². The van der Waals surface area contributed by atoms with Crippen molar-refractivity contribution in [3.05, 3.63) is 59.2 Å². The van der Waals surface area contributed by atoms with E-state index in [-0.39, 0.29) is 0 Å². The predicted molar refractivity (Wildman–Crippen MR) is 98.6 cm³/mol. The van der Waals surface area contributed by atoms with Gasteiger partial charge < -0.3 is 9.64 Å². The largest absolute Gasteiger partial charge is 0.432 e. The fraction of sp³-hybridized carbons (Fsp3) is 0.350. The van der Waals surface area contributed by atoms with Crippen molar-refractivity contribution in [3.8, 4) is 5.75 Å². The number of fused-ring (bicyclic) bond motifs is 5. The summed E-state index contributed by atoms with van der Waals surface area (Å²) in [6, 6.07) is 14.8. The zero-order valence-electron chi connectivity index (χ0n) is 13.6. The molecule has 0 radical (unpaired) electrons. The summed E-state index contributed by atoms with van der Waals surface area (Å²) in [6.45, 7) is 2.08. The lowest BCUT2D eigenvalue weighted by molar-refractivity contribution is 0.549. The second-order valence-corrected chi connectivity index (χ2v) is 7.11. The number of benzene rings is 2. The molecular formula is C20H21NOS. The van der Waals surface area contributed by atoms with Gasteiger partial charge >= 0.3 is 0 Å². The van der Waals surface area contributed by atoms with E-state index >= 15 is 0 Å². The van der Waals surface area contributed by atoms with Gasteiger partial charge in [-0.3, -0.25) is 0 Å². The van der Waals surface area contributed by atoms with Gasteiger partial charge in [0.1, 0.15) is 5.75 Å². The van der Waals surface area contributed by atoms with Gasteiger partial charge in [-0.05, 0) is 91.2 Å². The van der Waals surface area contributed by atoms with Crippen molar-refractivity contribution < 1.29 is 4.74 Å². The summed E-state index contributed by atoms with van der Waals surface area (Å²) in [5.74, 6) is 2.38. The highest BCUT2D eigenvalue weighted by Gasteiger charge is 2.36. The van der Waals surface area contributed by atoms with Gasteiger partial charge in [0.05, 0.1) is 0 Å². The first-order chi connectivity index (χ1) is 11.1. The predicted octanol–water partition coefficient (Wildman–Crippen LogP) is 5.16. The molecule has 0 aliphatic heterocycles. The van der Waals surface area contributed by atoms with Crippen LogP contribution < -0.4 is 9.64 Å². The Morgan fingerprint density at radius 2 is 1.87 bits per heavy atom. The minimum absolute atomic E-state index is 0.485. The molecule has 0 aromatic heterocycles. The van der Waals surface area contributed by atoms with Gasteiger partial charge in [-0.25, -0.2) is 0 Å². The normalized spacial score (nSPS) is 21.1. The number of anilines is 1. The van der Waals surface area contributed by atoms with Gasteiger partial charge in [0, 0.05) is 12.7 Å². The smallest absolute Gasteiger partial charge is 0.269 e. The average molecular weight is 323 g/mol. The Morgan fingerprint density at radius 1 is 1.09 bits per heavy atom. The first kappa shape index (κ1) is 14.7. The molecule has 2 unspecified atom stereocenters. The summed E-state index contributed by atoms with van der Waals surface area (Å²) in [4.78, 5) is 1.92. The maximum absolute atomic E-state index is 5.96. The lowest BCUT2D eigenvalue weighted by Gasteiger charge is -2.21. The standard InChI is InChI=1S/C20H21NOS/c1-13-4-3-5-16(10-13)21(2)20(23)22-17-8-9-18-14-6-7-15(11-14)19(18)12-17/h3-5,8-10,12,14-15H,6-7,11H2,1-2H3. The maximum atomic E-state index is 5.96. The molecule has 0 N–H and O–H groups in total. The summed E-state index contributed by atoms with van der Waals surface area (Å²) in [5, 5.41) is 0.485. The molecule has 2 nitrogen and oxygen atoms in total. The van der Waals surface area contributed by atoms with Crippen LogP contribution in [-0.4, -0.2) is 12.2 Å². The van der Waals surface area contributed by atoms with E-state index in [0.29, 0.717) is 5.17 Å². The van der Waals surface area contributed by atoms with Crippen LogP contribution >= 0.6 is 12.2 Å². The molecule has 2 atom stereocenters. The first-order valence-electron chi connectivity index (χ1n) is 8.28. The molecule has 2 aliphatic rings. The molecule has 3 heteroatoms. The number of nitrogens with zero attached hydrogens (tertiary/aromatic N) is 1. The molecule has 4 rings (SSSR count). The molecule has 2 aromatic rings. The van der Waals surface area contributed by atoms with Crippen LogP contribution in [0.1, 0.15) is 47.8 Å². The van der Waals surface area contributed by atoms with Gasteiger partial charge in [-0.15, -0.1) is 0 Å². The van der Waals surface area contributed by atoms with Crippen LogP contribution in [-0.2, 0) is 0 Å². The van der Waals surface area contributed by atoms with E-state index in [9.17, 15) is 0 Å². The molecule has 0 heterocycles. The average Bonchev–Trinajstić information content (AvgIpc) is 3.16. The summed E-state index contributed by atoms with van der Waals surface area (Å²) in [6.07, 6.45) is 4.01. The highest BCUT2D eigenvalue weighted by molar-refractivity contribution is 7.80. The van der Waals surface area contributed by atoms with E-state index in [1.54, 1.807) is 0 Å². The Labute approximate surface area is 143 Å². The maximum Gasteiger partial charge on any atom is 0.269 e. The monoisotopic (exact) mass is 323 g/mol. The SMILES string of the molecule is Cc1cccc(N(C)C(=S)Oc2ccc3c(c2)C2CCC3C2)c1. The van der Waals surface area contributed by atoms with E-state index in [0.717, 1.165) is 23.3 Å². The third-order valence-electron chi connectivity index (χ3n) is 5.24. The van der Waals surface area contributed by atoms with E-state index in [4.69, 9.17) is 17.0 Å². The molecule has 1 fully saturated rings. The minimum Gasteiger partial charge on any atom is -0.432 e.